The zero-order valence-electron chi connectivity index (χ0n) is 10.9. The van der Waals surface area contributed by atoms with Crippen molar-refractivity contribution < 1.29 is 9.53 Å². The van der Waals surface area contributed by atoms with Gasteiger partial charge in [-0.2, -0.15) is 0 Å². The van der Waals surface area contributed by atoms with E-state index in [1.807, 2.05) is 4.90 Å². The molecule has 0 aromatic carbocycles. The molecule has 17 heavy (non-hydrogen) atoms. The molecule has 3 atom stereocenters. The summed E-state index contributed by atoms with van der Waals surface area (Å²) >= 11 is 0. The van der Waals surface area contributed by atoms with Crippen molar-refractivity contribution in [2.45, 2.75) is 32.7 Å². The van der Waals surface area contributed by atoms with Gasteiger partial charge in [0.15, 0.2) is 0 Å². The SMILES string of the molecule is CCNC1CCN(C(=O)C2CCOC2)CC1C. The average molecular weight is 240 g/mol. The van der Waals surface area contributed by atoms with E-state index < -0.39 is 0 Å². The molecule has 0 aliphatic carbocycles. The molecule has 0 spiro atoms. The molecule has 2 aliphatic heterocycles. The summed E-state index contributed by atoms with van der Waals surface area (Å²) in [4.78, 5) is 14.3. The molecule has 0 aromatic heterocycles. The third-order valence-electron chi connectivity index (χ3n) is 3.96. The van der Waals surface area contributed by atoms with Crippen molar-refractivity contribution in [3.05, 3.63) is 0 Å². The van der Waals surface area contributed by atoms with Gasteiger partial charge < -0.3 is 15.0 Å². The fourth-order valence-corrected chi connectivity index (χ4v) is 2.90. The summed E-state index contributed by atoms with van der Waals surface area (Å²) < 4.78 is 5.30. The lowest BCUT2D eigenvalue weighted by molar-refractivity contribution is -0.137. The molecule has 1 amide bonds. The molecule has 2 aliphatic rings. The van der Waals surface area contributed by atoms with Crippen LogP contribution in [-0.2, 0) is 9.53 Å². The Morgan fingerprint density at radius 3 is 2.88 bits per heavy atom. The van der Waals surface area contributed by atoms with Crippen molar-refractivity contribution in [1.82, 2.24) is 10.2 Å². The van der Waals surface area contributed by atoms with Crippen molar-refractivity contribution >= 4 is 5.91 Å². The molecule has 1 N–H and O–H groups in total. The second-order valence-corrected chi connectivity index (χ2v) is 5.27. The highest BCUT2D eigenvalue weighted by atomic mass is 16.5. The molecule has 2 heterocycles. The normalized spacial score (nSPS) is 34.0. The summed E-state index contributed by atoms with van der Waals surface area (Å²) in [5.74, 6) is 0.983. The lowest BCUT2D eigenvalue weighted by atomic mass is 9.92. The van der Waals surface area contributed by atoms with E-state index in [2.05, 4.69) is 19.2 Å². The van der Waals surface area contributed by atoms with Crippen LogP contribution in [0.15, 0.2) is 0 Å². The number of likely N-dealkylation sites (tertiary alicyclic amines) is 1. The van der Waals surface area contributed by atoms with Gasteiger partial charge in [-0.25, -0.2) is 0 Å². The van der Waals surface area contributed by atoms with Crippen molar-refractivity contribution in [3.8, 4) is 0 Å². The molecule has 4 heteroatoms. The molecule has 3 unspecified atom stereocenters. The number of nitrogens with one attached hydrogen (secondary N) is 1. The molecule has 0 radical (unpaired) electrons. The zero-order valence-corrected chi connectivity index (χ0v) is 10.9. The second kappa shape index (κ2) is 5.83. The Morgan fingerprint density at radius 2 is 2.29 bits per heavy atom. The summed E-state index contributed by atoms with van der Waals surface area (Å²) in [5, 5.41) is 3.50. The monoisotopic (exact) mass is 240 g/mol. The van der Waals surface area contributed by atoms with E-state index in [9.17, 15) is 4.79 Å². The minimum absolute atomic E-state index is 0.123. The first-order valence-corrected chi connectivity index (χ1v) is 6.82. The number of rotatable bonds is 3. The summed E-state index contributed by atoms with van der Waals surface area (Å²) in [7, 11) is 0. The molecule has 0 saturated carbocycles. The second-order valence-electron chi connectivity index (χ2n) is 5.27. The van der Waals surface area contributed by atoms with Crippen LogP contribution in [0.25, 0.3) is 0 Å². The standard InChI is InChI=1S/C13H24N2O2/c1-3-14-12-4-6-15(8-10(12)2)13(16)11-5-7-17-9-11/h10-12,14H,3-9H2,1-2H3. The van der Waals surface area contributed by atoms with Crippen molar-refractivity contribution in [3.63, 3.8) is 0 Å². The number of hydrogen-bond donors (Lipinski definition) is 1. The highest BCUT2D eigenvalue weighted by Gasteiger charge is 2.33. The van der Waals surface area contributed by atoms with Gasteiger partial charge >= 0.3 is 0 Å². The number of nitrogens with zero attached hydrogens (tertiary/aromatic N) is 1. The summed E-state index contributed by atoms with van der Waals surface area (Å²) in [6, 6.07) is 0.573. The van der Waals surface area contributed by atoms with E-state index in [4.69, 9.17) is 4.74 Å². The van der Waals surface area contributed by atoms with E-state index in [1.54, 1.807) is 0 Å². The molecular formula is C13H24N2O2. The Bertz CT molecular complexity index is 264. The van der Waals surface area contributed by atoms with E-state index in [1.165, 1.54) is 0 Å². The smallest absolute Gasteiger partial charge is 0.228 e. The van der Waals surface area contributed by atoms with Gasteiger partial charge in [0.25, 0.3) is 0 Å². The Labute approximate surface area is 104 Å². The van der Waals surface area contributed by atoms with Gasteiger partial charge in [0.1, 0.15) is 0 Å². The highest BCUT2D eigenvalue weighted by molar-refractivity contribution is 5.79. The van der Waals surface area contributed by atoms with Gasteiger partial charge in [-0.15, -0.1) is 0 Å². The first kappa shape index (κ1) is 12.8. The molecule has 98 valence electrons. The van der Waals surface area contributed by atoms with Crippen LogP contribution >= 0.6 is 0 Å². The maximum atomic E-state index is 12.2. The van der Waals surface area contributed by atoms with Gasteiger partial charge in [-0.1, -0.05) is 13.8 Å². The fraction of sp³-hybridized carbons (Fsp3) is 0.923. The Morgan fingerprint density at radius 1 is 1.47 bits per heavy atom. The number of piperidine rings is 1. The maximum absolute atomic E-state index is 12.2. The van der Waals surface area contributed by atoms with Crippen molar-refractivity contribution in [2.24, 2.45) is 11.8 Å². The van der Waals surface area contributed by atoms with Gasteiger partial charge in [-0.3, -0.25) is 4.79 Å². The Kier molecular flexibility index (Phi) is 4.40. The Hall–Kier alpha value is -0.610. The average Bonchev–Trinajstić information content (AvgIpc) is 2.84. The largest absolute Gasteiger partial charge is 0.381 e. The van der Waals surface area contributed by atoms with Crippen LogP contribution in [0.5, 0.6) is 0 Å². The first-order chi connectivity index (χ1) is 8.22. The van der Waals surface area contributed by atoms with E-state index >= 15 is 0 Å². The molecule has 4 nitrogen and oxygen atoms in total. The van der Waals surface area contributed by atoms with Crippen LogP contribution in [0.1, 0.15) is 26.7 Å². The number of carbonyl (C=O) groups is 1. The molecule has 2 fully saturated rings. The third kappa shape index (κ3) is 2.99. The predicted molar refractivity (Wildman–Crippen MR) is 66.8 cm³/mol. The van der Waals surface area contributed by atoms with Crippen LogP contribution < -0.4 is 5.32 Å². The molecule has 0 aromatic rings. The maximum Gasteiger partial charge on any atom is 0.228 e. The molecule has 2 saturated heterocycles. The van der Waals surface area contributed by atoms with Gasteiger partial charge in [0, 0.05) is 25.7 Å². The van der Waals surface area contributed by atoms with Crippen LogP contribution in [0.4, 0.5) is 0 Å². The summed E-state index contributed by atoms with van der Waals surface area (Å²) in [6.07, 6.45) is 1.98. The van der Waals surface area contributed by atoms with E-state index in [0.717, 1.165) is 39.1 Å². The highest BCUT2D eigenvalue weighted by Crippen LogP contribution is 2.21. The lowest BCUT2D eigenvalue weighted by Crippen LogP contribution is -2.51. The number of carbonyl (C=O) groups excluding carboxylic acids is 1. The summed E-state index contributed by atoms with van der Waals surface area (Å²) in [6.45, 7) is 8.56. The van der Waals surface area contributed by atoms with Gasteiger partial charge in [-0.05, 0) is 25.3 Å². The quantitative estimate of drug-likeness (QED) is 0.796. The van der Waals surface area contributed by atoms with Crippen molar-refractivity contribution in [1.29, 1.82) is 0 Å². The van der Waals surface area contributed by atoms with Crippen LogP contribution in [0.2, 0.25) is 0 Å². The molecule has 0 bridgehead atoms. The third-order valence-corrected chi connectivity index (χ3v) is 3.96. The number of hydrogen-bond acceptors (Lipinski definition) is 3. The topological polar surface area (TPSA) is 41.6 Å². The van der Waals surface area contributed by atoms with Crippen molar-refractivity contribution in [2.75, 3.05) is 32.8 Å². The van der Waals surface area contributed by atoms with Crippen LogP contribution in [0, 0.1) is 11.8 Å². The predicted octanol–water partition coefficient (Wildman–Crippen LogP) is 0.869. The lowest BCUT2D eigenvalue weighted by Gasteiger charge is -2.38. The van der Waals surface area contributed by atoms with Gasteiger partial charge in [0.05, 0.1) is 12.5 Å². The minimum Gasteiger partial charge on any atom is -0.381 e. The molecule has 2 rings (SSSR count). The number of amides is 1. The minimum atomic E-state index is 0.123. The summed E-state index contributed by atoms with van der Waals surface area (Å²) in [5.41, 5.74) is 0. The van der Waals surface area contributed by atoms with E-state index in [0.29, 0.717) is 24.5 Å². The number of ether oxygens (including phenoxy) is 1. The zero-order chi connectivity index (χ0) is 12.3. The molecular weight excluding hydrogens is 216 g/mol. The fourth-order valence-electron chi connectivity index (χ4n) is 2.90. The van der Waals surface area contributed by atoms with Crippen LogP contribution in [-0.4, -0.2) is 49.7 Å². The van der Waals surface area contributed by atoms with Gasteiger partial charge in [0.2, 0.25) is 5.91 Å². The Balaban J connectivity index is 1.85. The van der Waals surface area contributed by atoms with Crippen LogP contribution in [0.3, 0.4) is 0 Å². The first-order valence-electron chi connectivity index (χ1n) is 6.82. The van der Waals surface area contributed by atoms with E-state index in [-0.39, 0.29) is 5.92 Å².